The van der Waals surface area contributed by atoms with Crippen molar-refractivity contribution in [3.8, 4) is 28.6 Å². The summed E-state index contributed by atoms with van der Waals surface area (Å²) < 4.78 is 7.73. The molecule has 0 radical (unpaired) electrons. The molecule has 304 valence electrons. The number of nitrogens with zero attached hydrogens (tertiary/aromatic N) is 4. The van der Waals surface area contributed by atoms with Crippen LogP contribution in [0.15, 0.2) is 83.4 Å². The number of benzene rings is 2. The van der Waals surface area contributed by atoms with Gasteiger partial charge in [0.15, 0.2) is 5.82 Å². The number of carbonyl (C=O) groups excluding carboxylic acids is 1. The summed E-state index contributed by atoms with van der Waals surface area (Å²) in [6, 6.07) is 15.1. The smallest absolute Gasteiger partial charge is 0.410 e. The number of H-pyrrole nitrogens is 1. The van der Waals surface area contributed by atoms with E-state index in [1.807, 2.05) is 55.4 Å². The first-order valence-electron chi connectivity index (χ1n) is 21.6. The largest absolute Gasteiger partial charge is 0.508 e. The maximum absolute atomic E-state index is 13.5. The summed E-state index contributed by atoms with van der Waals surface area (Å²) in [5.41, 5.74) is 6.96. The molecule has 3 N–H and O–H groups in total. The van der Waals surface area contributed by atoms with E-state index >= 15 is 0 Å². The number of fused-ring (bicyclic) bond motifs is 5. The fourth-order valence-corrected chi connectivity index (χ4v) is 11.9. The molecule has 3 fully saturated rings. The molecular weight excluding hydrogens is 727 g/mol. The summed E-state index contributed by atoms with van der Waals surface area (Å²) in [5, 5.41) is 27.8. The number of pyridine rings is 1. The van der Waals surface area contributed by atoms with E-state index in [1.54, 1.807) is 6.07 Å². The van der Waals surface area contributed by atoms with Crippen LogP contribution in [-0.2, 0) is 11.2 Å². The number of likely N-dealkylation sites (tertiary alicyclic amines) is 1. The highest BCUT2D eigenvalue weighted by Gasteiger charge is 2.54. The van der Waals surface area contributed by atoms with Crippen LogP contribution >= 0.6 is 0 Å². The van der Waals surface area contributed by atoms with Crippen LogP contribution in [0.3, 0.4) is 0 Å². The summed E-state index contributed by atoms with van der Waals surface area (Å²) >= 11 is 0. The Balaban J connectivity index is 0.785. The SMILES string of the molecule is CC(C)c1cc(-c2n[nH]c(=O)n2-c2ccc(CC3CCN(C(=O)O[C@@H]4CC5=CC[C@@H]6[C@H](CC[C@]7(C)C(c8cccnc8)=CC[C@@H]67)C5[C@H](C)C4)CC3)cc2)c(O)cc1O. The fraction of sp³-hybridized carbons (Fsp3) is 0.500. The Kier molecular flexibility index (Phi) is 10.1. The van der Waals surface area contributed by atoms with Gasteiger partial charge in [-0.3, -0.25) is 4.98 Å². The second kappa shape index (κ2) is 15.2. The van der Waals surface area contributed by atoms with Crippen LogP contribution in [0.4, 0.5) is 4.79 Å². The van der Waals surface area contributed by atoms with Gasteiger partial charge in [0.25, 0.3) is 0 Å². The lowest BCUT2D eigenvalue weighted by Gasteiger charge is -2.54. The molecule has 1 amide bonds. The number of hydrogen-bond donors (Lipinski definition) is 3. The van der Waals surface area contributed by atoms with E-state index in [-0.39, 0.29) is 40.9 Å². The molecule has 2 saturated carbocycles. The Morgan fingerprint density at radius 3 is 2.55 bits per heavy atom. The molecule has 9 rings (SSSR count). The quantitative estimate of drug-likeness (QED) is 0.159. The number of ether oxygens (including phenoxy) is 1. The summed E-state index contributed by atoms with van der Waals surface area (Å²) in [6.45, 7) is 10.2. The second-order valence-electron chi connectivity index (χ2n) is 18.5. The molecule has 4 aliphatic carbocycles. The van der Waals surface area contributed by atoms with Crippen LogP contribution in [-0.4, -0.2) is 60.1 Å². The number of hydrogen-bond acceptors (Lipinski definition) is 7. The van der Waals surface area contributed by atoms with E-state index in [0.29, 0.717) is 65.4 Å². The first-order chi connectivity index (χ1) is 28.0. The van der Waals surface area contributed by atoms with Gasteiger partial charge in [-0.05, 0) is 145 Å². The number of piperidine rings is 1. The molecule has 2 aromatic carbocycles. The van der Waals surface area contributed by atoms with Gasteiger partial charge in [0.2, 0.25) is 0 Å². The molecule has 1 unspecified atom stereocenters. The minimum absolute atomic E-state index is 0.00492. The van der Waals surface area contributed by atoms with Gasteiger partial charge in [0, 0.05) is 38.0 Å². The van der Waals surface area contributed by atoms with Crippen molar-refractivity contribution in [2.75, 3.05) is 13.1 Å². The number of allylic oxidation sites excluding steroid dienone is 3. The van der Waals surface area contributed by atoms with Gasteiger partial charge in [0.1, 0.15) is 17.6 Å². The van der Waals surface area contributed by atoms with E-state index < -0.39 is 5.69 Å². The van der Waals surface area contributed by atoms with Gasteiger partial charge >= 0.3 is 11.8 Å². The predicted molar refractivity (Wildman–Crippen MR) is 225 cm³/mol. The monoisotopic (exact) mass is 783 g/mol. The van der Waals surface area contributed by atoms with Crippen molar-refractivity contribution in [3.05, 3.63) is 106 Å². The Morgan fingerprint density at radius 1 is 1.02 bits per heavy atom. The number of rotatable bonds is 7. The number of aromatic amines is 1. The first-order valence-corrected chi connectivity index (χ1v) is 21.6. The summed E-state index contributed by atoms with van der Waals surface area (Å²) in [4.78, 5) is 32.8. The lowest BCUT2D eigenvalue weighted by atomic mass is 9.50. The Morgan fingerprint density at radius 2 is 1.81 bits per heavy atom. The molecule has 0 bridgehead atoms. The van der Waals surface area contributed by atoms with Crippen molar-refractivity contribution in [3.63, 3.8) is 0 Å². The topological polar surface area (TPSA) is 134 Å². The molecule has 7 atom stereocenters. The highest BCUT2D eigenvalue weighted by atomic mass is 16.6. The number of aromatic nitrogens is 4. The normalized spacial score (nSPS) is 28.3. The highest BCUT2D eigenvalue weighted by Crippen LogP contribution is 2.64. The summed E-state index contributed by atoms with van der Waals surface area (Å²) in [6.07, 6.45) is 18.1. The maximum atomic E-state index is 13.5. The van der Waals surface area contributed by atoms with Gasteiger partial charge in [0.05, 0.1) is 11.3 Å². The minimum atomic E-state index is -0.415. The molecule has 58 heavy (non-hydrogen) atoms. The van der Waals surface area contributed by atoms with Crippen LogP contribution in [0.5, 0.6) is 11.5 Å². The van der Waals surface area contributed by atoms with Crippen molar-refractivity contribution >= 4 is 11.7 Å². The lowest BCUT2D eigenvalue weighted by Crippen LogP contribution is -2.48. The molecule has 10 nitrogen and oxygen atoms in total. The van der Waals surface area contributed by atoms with E-state index in [2.05, 4.69) is 53.3 Å². The summed E-state index contributed by atoms with van der Waals surface area (Å²) in [7, 11) is 0. The number of aromatic hydroxyl groups is 2. The summed E-state index contributed by atoms with van der Waals surface area (Å²) in [5.74, 6) is 3.77. The third kappa shape index (κ3) is 6.86. The molecule has 2 aromatic heterocycles. The maximum Gasteiger partial charge on any atom is 0.410 e. The van der Waals surface area contributed by atoms with Crippen molar-refractivity contribution in [1.82, 2.24) is 24.6 Å². The molecule has 1 aliphatic heterocycles. The first kappa shape index (κ1) is 38.4. The second-order valence-corrected chi connectivity index (χ2v) is 18.5. The van der Waals surface area contributed by atoms with Gasteiger partial charge in [-0.15, -0.1) is 0 Å². The van der Waals surface area contributed by atoms with Crippen molar-refractivity contribution in [2.45, 2.75) is 97.5 Å². The zero-order chi connectivity index (χ0) is 40.3. The number of phenolic OH excluding ortho intramolecular Hbond substituents is 2. The van der Waals surface area contributed by atoms with E-state index in [9.17, 15) is 19.8 Å². The number of nitrogens with one attached hydrogen (secondary N) is 1. The Hall–Kier alpha value is -5.12. The molecular formula is C48H57N5O5. The zero-order valence-electron chi connectivity index (χ0n) is 34.2. The Bertz CT molecular complexity index is 2280. The number of amides is 1. The zero-order valence-corrected chi connectivity index (χ0v) is 34.2. The molecule has 0 spiro atoms. The minimum Gasteiger partial charge on any atom is -0.508 e. The van der Waals surface area contributed by atoms with E-state index in [0.717, 1.165) is 44.1 Å². The lowest BCUT2D eigenvalue weighted by molar-refractivity contribution is -0.0126. The van der Waals surface area contributed by atoms with Crippen LogP contribution in [0.2, 0.25) is 0 Å². The van der Waals surface area contributed by atoms with Crippen LogP contribution in [0.25, 0.3) is 22.6 Å². The predicted octanol–water partition coefficient (Wildman–Crippen LogP) is 9.43. The highest BCUT2D eigenvalue weighted by molar-refractivity contribution is 5.73. The van der Waals surface area contributed by atoms with Crippen LogP contribution < -0.4 is 5.69 Å². The molecule has 10 heteroatoms. The Labute approximate surface area is 341 Å². The number of carbonyl (C=O) groups is 1. The average Bonchev–Trinajstić information content (AvgIpc) is 3.77. The molecule has 4 aromatic rings. The standard InChI is InChI=1S/C48H57N5O5/c1-28(2)38-25-39(43(55)26-42(38)54)45-50-51-46(56)53(45)34-10-7-30(8-11-34)23-31-16-20-52(21-17-31)47(57)58-35-22-29(3)44-32(24-35)9-12-36-37(44)15-18-48(4)40(13-14-41(36)48)33-6-5-19-49-27-33/h5-11,13,19,25-29,31,35-37,41,44,54-55H,12,14-18,20-24H2,1-4H3,(H,51,56)/t29-,35+,36-,37+,41+,44?,48-/m1/s1. The van der Waals surface area contributed by atoms with Crippen molar-refractivity contribution in [1.29, 1.82) is 0 Å². The van der Waals surface area contributed by atoms with E-state index in [1.165, 1.54) is 46.6 Å². The third-order valence-electron chi connectivity index (χ3n) is 14.8. The van der Waals surface area contributed by atoms with Gasteiger partial charge in [-0.2, -0.15) is 5.10 Å². The van der Waals surface area contributed by atoms with Crippen molar-refractivity contribution < 1.29 is 19.7 Å². The third-order valence-corrected chi connectivity index (χ3v) is 14.8. The number of phenols is 2. The van der Waals surface area contributed by atoms with Gasteiger partial charge in [-0.1, -0.05) is 63.6 Å². The molecule has 3 heterocycles. The van der Waals surface area contributed by atoms with Crippen molar-refractivity contribution in [2.24, 2.45) is 40.9 Å². The van der Waals surface area contributed by atoms with E-state index in [4.69, 9.17) is 4.74 Å². The van der Waals surface area contributed by atoms with Crippen LogP contribution in [0.1, 0.15) is 102 Å². The average molecular weight is 784 g/mol. The van der Waals surface area contributed by atoms with Gasteiger partial charge in [-0.25, -0.2) is 19.3 Å². The van der Waals surface area contributed by atoms with Crippen LogP contribution in [0, 0.1) is 40.9 Å². The molecule has 5 aliphatic rings. The van der Waals surface area contributed by atoms with Gasteiger partial charge < -0.3 is 19.8 Å². The fourth-order valence-electron chi connectivity index (χ4n) is 11.9. The molecule has 1 saturated heterocycles.